The van der Waals surface area contributed by atoms with Crippen molar-refractivity contribution in [3.63, 3.8) is 0 Å². The van der Waals surface area contributed by atoms with Crippen LogP contribution in [0.15, 0.2) is 0 Å². The number of hydrogen-bond acceptors (Lipinski definition) is 2. The van der Waals surface area contributed by atoms with Crippen LogP contribution in [0.3, 0.4) is 0 Å². The molecule has 0 atom stereocenters. The van der Waals surface area contributed by atoms with Crippen LogP contribution in [-0.2, 0) is 0 Å². The summed E-state index contributed by atoms with van der Waals surface area (Å²) in [6.45, 7) is 5.71. The Hall–Kier alpha value is -0.0800. The Labute approximate surface area is 89.3 Å². The summed E-state index contributed by atoms with van der Waals surface area (Å²) < 4.78 is 0. The van der Waals surface area contributed by atoms with Crippen LogP contribution in [0.1, 0.15) is 65.2 Å². The van der Waals surface area contributed by atoms with Crippen molar-refractivity contribution in [2.24, 2.45) is 0 Å². The number of nitrogens with zero attached hydrogens (tertiary/aromatic N) is 1. The van der Waals surface area contributed by atoms with Gasteiger partial charge in [-0.15, -0.1) is 0 Å². The molecule has 0 heterocycles. The SMILES string of the molecule is C1CCCCC1.CCCN(O)CCC. The highest BCUT2D eigenvalue weighted by Gasteiger charge is 1.95. The highest BCUT2D eigenvalue weighted by Crippen LogP contribution is 2.15. The zero-order chi connectivity index (χ0) is 10.6. The third-order valence-corrected chi connectivity index (χ3v) is 2.46. The van der Waals surface area contributed by atoms with E-state index in [4.69, 9.17) is 5.21 Å². The van der Waals surface area contributed by atoms with Gasteiger partial charge in [-0.2, -0.15) is 5.06 Å². The number of hydrogen-bond donors (Lipinski definition) is 1. The lowest BCUT2D eigenvalue weighted by molar-refractivity contribution is -0.0900. The molecule has 1 fully saturated rings. The second kappa shape index (κ2) is 11.0. The molecule has 1 aliphatic rings. The first kappa shape index (κ1) is 13.9. The molecule has 14 heavy (non-hydrogen) atoms. The quantitative estimate of drug-likeness (QED) is 0.699. The number of rotatable bonds is 4. The monoisotopic (exact) mass is 201 g/mol. The summed E-state index contributed by atoms with van der Waals surface area (Å²) >= 11 is 0. The van der Waals surface area contributed by atoms with Gasteiger partial charge in [0.2, 0.25) is 0 Å². The molecule has 1 saturated carbocycles. The molecule has 86 valence electrons. The van der Waals surface area contributed by atoms with E-state index in [-0.39, 0.29) is 0 Å². The van der Waals surface area contributed by atoms with Gasteiger partial charge in [0.25, 0.3) is 0 Å². The standard InChI is InChI=1S/C6H15NO.C6H12/c1-3-5-7(8)6-4-2;1-2-4-6-5-3-1/h8H,3-6H2,1-2H3;1-6H2. The van der Waals surface area contributed by atoms with Gasteiger partial charge in [-0.1, -0.05) is 52.4 Å². The third kappa shape index (κ3) is 10.0. The second-order valence-corrected chi connectivity index (χ2v) is 4.07. The Kier molecular flexibility index (Phi) is 10.9. The van der Waals surface area contributed by atoms with Gasteiger partial charge in [0.15, 0.2) is 0 Å². The van der Waals surface area contributed by atoms with Gasteiger partial charge in [-0.05, 0) is 12.8 Å². The highest BCUT2D eigenvalue weighted by atomic mass is 16.5. The van der Waals surface area contributed by atoms with Gasteiger partial charge in [-0.3, -0.25) is 0 Å². The predicted octanol–water partition coefficient (Wildman–Crippen LogP) is 3.84. The van der Waals surface area contributed by atoms with E-state index in [0.29, 0.717) is 0 Å². The van der Waals surface area contributed by atoms with E-state index in [1.807, 2.05) is 0 Å². The molecule has 2 nitrogen and oxygen atoms in total. The molecule has 2 heteroatoms. The fourth-order valence-electron chi connectivity index (χ4n) is 1.69. The minimum absolute atomic E-state index is 0.799. The Balaban J connectivity index is 0.000000249. The van der Waals surface area contributed by atoms with E-state index in [0.717, 1.165) is 25.9 Å². The molecule has 1 N–H and O–H groups in total. The maximum atomic E-state index is 8.88. The van der Waals surface area contributed by atoms with Crippen molar-refractivity contribution in [1.29, 1.82) is 0 Å². The lowest BCUT2D eigenvalue weighted by Gasteiger charge is -2.10. The van der Waals surface area contributed by atoms with Crippen molar-refractivity contribution in [3.05, 3.63) is 0 Å². The van der Waals surface area contributed by atoms with E-state index < -0.39 is 0 Å². The van der Waals surface area contributed by atoms with Gasteiger partial charge in [0.1, 0.15) is 0 Å². The van der Waals surface area contributed by atoms with Crippen LogP contribution < -0.4 is 0 Å². The fourth-order valence-corrected chi connectivity index (χ4v) is 1.69. The second-order valence-electron chi connectivity index (χ2n) is 4.07. The summed E-state index contributed by atoms with van der Waals surface area (Å²) in [4.78, 5) is 0. The Morgan fingerprint density at radius 3 is 1.29 bits per heavy atom. The average molecular weight is 201 g/mol. The summed E-state index contributed by atoms with van der Waals surface area (Å²) in [6.07, 6.45) is 11.0. The van der Waals surface area contributed by atoms with Crippen LogP contribution >= 0.6 is 0 Å². The maximum absolute atomic E-state index is 8.88. The molecule has 1 rings (SSSR count). The van der Waals surface area contributed by atoms with Crippen LogP contribution in [0.2, 0.25) is 0 Å². The lowest BCUT2D eigenvalue weighted by Crippen LogP contribution is -2.20. The van der Waals surface area contributed by atoms with Gasteiger partial charge >= 0.3 is 0 Å². The van der Waals surface area contributed by atoms with Gasteiger partial charge < -0.3 is 5.21 Å². The summed E-state index contributed by atoms with van der Waals surface area (Å²) in [5.41, 5.74) is 0. The van der Waals surface area contributed by atoms with Crippen molar-refractivity contribution >= 4 is 0 Å². The zero-order valence-corrected chi connectivity index (χ0v) is 9.97. The van der Waals surface area contributed by atoms with Crippen LogP contribution in [-0.4, -0.2) is 23.4 Å². The normalized spacial score (nSPS) is 16.3. The largest absolute Gasteiger partial charge is 0.314 e. The smallest absolute Gasteiger partial charge is 0.0235 e. The molecule has 0 saturated heterocycles. The summed E-state index contributed by atoms with van der Waals surface area (Å²) in [6, 6.07) is 0. The molecular formula is C12H27NO. The zero-order valence-electron chi connectivity index (χ0n) is 9.97. The van der Waals surface area contributed by atoms with Crippen molar-refractivity contribution < 1.29 is 5.21 Å². The minimum atomic E-state index is 0.799. The van der Waals surface area contributed by atoms with Crippen LogP contribution in [0.25, 0.3) is 0 Å². The third-order valence-electron chi connectivity index (χ3n) is 2.46. The maximum Gasteiger partial charge on any atom is 0.0235 e. The molecule has 0 aromatic rings. The van der Waals surface area contributed by atoms with Crippen molar-refractivity contribution in [2.45, 2.75) is 65.2 Å². The topological polar surface area (TPSA) is 23.5 Å². The molecule has 0 radical (unpaired) electrons. The molecule has 0 aromatic carbocycles. The average Bonchev–Trinajstić information content (AvgIpc) is 2.22. The van der Waals surface area contributed by atoms with E-state index >= 15 is 0 Å². The fraction of sp³-hybridized carbons (Fsp3) is 1.00. The predicted molar refractivity (Wildman–Crippen MR) is 61.6 cm³/mol. The molecule has 0 bridgehead atoms. The minimum Gasteiger partial charge on any atom is -0.314 e. The van der Waals surface area contributed by atoms with E-state index in [9.17, 15) is 0 Å². The van der Waals surface area contributed by atoms with Crippen molar-refractivity contribution in [1.82, 2.24) is 5.06 Å². The molecule has 0 unspecified atom stereocenters. The molecule has 1 aliphatic carbocycles. The van der Waals surface area contributed by atoms with Gasteiger partial charge in [0, 0.05) is 13.1 Å². The lowest BCUT2D eigenvalue weighted by atomic mass is 10.0. The summed E-state index contributed by atoms with van der Waals surface area (Å²) in [5.74, 6) is 0. The van der Waals surface area contributed by atoms with Crippen molar-refractivity contribution in [2.75, 3.05) is 13.1 Å². The van der Waals surface area contributed by atoms with Gasteiger partial charge in [0.05, 0.1) is 0 Å². The highest BCUT2D eigenvalue weighted by molar-refractivity contribution is 4.51. The van der Waals surface area contributed by atoms with E-state index in [2.05, 4.69) is 13.8 Å². The number of hydroxylamine groups is 2. The molecule has 0 amide bonds. The first-order valence-electron chi connectivity index (χ1n) is 6.25. The van der Waals surface area contributed by atoms with E-state index in [1.54, 1.807) is 0 Å². The van der Waals surface area contributed by atoms with Crippen LogP contribution in [0.5, 0.6) is 0 Å². The molecule has 0 aliphatic heterocycles. The molecule has 0 spiro atoms. The summed E-state index contributed by atoms with van der Waals surface area (Å²) in [7, 11) is 0. The Morgan fingerprint density at radius 2 is 1.07 bits per heavy atom. The Morgan fingerprint density at radius 1 is 0.786 bits per heavy atom. The van der Waals surface area contributed by atoms with Gasteiger partial charge in [-0.25, -0.2) is 0 Å². The van der Waals surface area contributed by atoms with Crippen LogP contribution in [0.4, 0.5) is 0 Å². The molecular weight excluding hydrogens is 174 g/mol. The first-order chi connectivity index (χ1) is 6.81. The van der Waals surface area contributed by atoms with Crippen molar-refractivity contribution in [3.8, 4) is 0 Å². The Bertz CT molecular complexity index is 85.0. The first-order valence-corrected chi connectivity index (χ1v) is 6.25. The molecule has 0 aromatic heterocycles. The van der Waals surface area contributed by atoms with E-state index in [1.165, 1.54) is 43.6 Å². The van der Waals surface area contributed by atoms with Crippen LogP contribution in [0, 0.1) is 0 Å². The summed E-state index contributed by atoms with van der Waals surface area (Å²) in [5, 5.41) is 10.2.